The number of aromatic nitrogens is 1. The number of hydrogen-bond acceptors (Lipinski definition) is 4. The summed E-state index contributed by atoms with van der Waals surface area (Å²) in [6.45, 7) is 4.53. The molecule has 1 saturated heterocycles. The van der Waals surface area contributed by atoms with Crippen LogP contribution >= 0.6 is 24.0 Å². The quantitative estimate of drug-likeness (QED) is 0.359. The number of nitrogens with one attached hydrogen (secondary N) is 2. The van der Waals surface area contributed by atoms with E-state index in [4.69, 9.17) is 0 Å². The molecule has 2 heterocycles. The van der Waals surface area contributed by atoms with Crippen molar-refractivity contribution in [1.29, 1.82) is 0 Å². The first-order valence-electron chi connectivity index (χ1n) is 7.57. The fraction of sp³-hybridized carbons (Fsp3) is 0.643. The molecule has 0 aliphatic carbocycles. The van der Waals surface area contributed by atoms with Crippen LogP contribution in [0.4, 0.5) is 0 Å². The second-order valence-electron chi connectivity index (χ2n) is 5.34. The Balaban J connectivity index is 0.00000264. The minimum atomic E-state index is -2.80. The third kappa shape index (κ3) is 7.53. The van der Waals surface area contributed by atoms with Gasteiger partial charge in [-0.3, -0.25) is 9.89 Å². The van der Waals surface area contributed by atoms with Crippen molar-refractivity contribution in [3.05, 3.63) is 24.5 Å². The summed E-state index contributed by atoms with van der Waals surface area (Å²) < 4.78 is 24.8. The summed E-state index contributed by atoms with van der Waals surface area (Å²) in [7, 11) is -1.05. The van der Waals surface area contributed by atoms with Crippen molar-refractivity contribution in [2.75, 3.05) is 51.3 Å². The highest BCUT2D eigenvalue weighted by Crippen LogP contribution is 2.02. The number of hydrogen-bond donors (Lipinski definition) is 2. The maximum atomic E-state index is 11.4. The molecule has 0 aromatic carbocycles. The Morgan fingerprint density at radius 1 is 1.09 bits per heavy atom. The predicted octanol–water partition coefficient (Wildman–Crippen LogP) is 0.00150. The van der Waals surface area contributed by atoms with Gasteiger partial charge >= 0.3 is 0 Å². The molecule has 0 spiro atoms. The Bertz CT molecular complexity index is 560. The summed E-state index contributed by atoms with van der Waals surface area (Å²) in [5.74, 6) is 1.32. The normalized spacial score (nSPS) is 18.2. The summed E-state index contributed by atoms with van der Waals surface area (Å²) in [6, 6.07) is 4.01. The Hall–Kier alpha value is -0.810. The fourth-order valence-corrected chi connectivity index (χ4v) is 3.63. The van der Waals surface area contributed by atoms with Crippen molar-refractivity contribution in [3.8, 4) is 0 Å². The third-order valence-corrected chi connectivity index (χ3v) is 5.32. The van der Waals surface area contributed by atoms with Crippen LogP contribution in [0.2, 0.25) is 0 Å². The van der Waals surface area contributed by atoms with Gasteiger partial charge in [0, 0.05) is 58.7 Å². The lowest BCUT2D eigenvalue weighted by molar-refractivity contribution is 0.299. The van der Waals surface area contributed by atoms with Crippen LogP contribution in [0, 0.1) is 0 Å². The third-order valence-electron chi connectivity index (χ3n) is 3.71. The second kappa shape index (κ2) is 10.1. The molecule has 0 bridgehead atoms. The fourth-order valence-electron chi connectivity index (χ4n) is 2.35. The number of guanidine groups is 1. The molecule has 1 aromatic heterocycles. The van der Waals surface area contributed by atoms with E-state index in [1.165, 1.54) is 0 Å². The van der Waals surface area contributed by atoms with Crippen LogP contribution < -0.4 is 10.6 Å². The van der Waals surface area contributed by atoms with Crippen LogP contribution in [0.15, 0.2) is 29.5 Å². The van der Waals surface area contributed by atoms with Crippen molar-refractivity contribution in [2.24, 2.45) is 4.99 Å². The molecule has 2 N–H and O–H groups in total. The second-order valence-corrected chi connectivity index (χ2v) is 7.64. The average molecular weight is 455 g/mol. The molecular weight excluding hydrogens is 429 g/mol. The van der Waals surface area contributed by atoms with E-state index in [1.54, 1.807) is 7.05 Å². The average Bonchev–Trinajstić information content (AvgIpc) is 3.00. The highest BCUT2D eigenvalue weighted by Gasteiger charge is 2.20. The maximum Gasteiger partial charge on any atom is 0.191 e. The van der Waals surface area contributed by atoms with Crippen LogP contribution in [-0.4, -0.2) is 75.1 Å². The SMILES string of the molecule is CN=C(NCCN1CCS(=O)(=O)CC1)NCCn1cccc1.I. The van der Waals surface area contributed by atoms with Gasteiger partial charge in [0.15, 0.2) is 15.8 Å². The molecule has 23 heavy (non-hydrogen) atoms. The largest absolute Gasteiger partial charge is 0.355 e. The molecule has 9 heteroatoms. The molecule has 1 fully saturated rings. The Labute approximate surface area is 155 Å². The zero-order chi connectivity index (χ0) is 15.8. The minimum absolute atomic E-state index is 0. The smallest absolute Gasteiger partial charge is 0.191 e. The molecule has 0 unspecified atom stereocenters. The van der Waals surface area contributed by atoms with Gasteiger partial charge in [-0.25, -0.2) is 8.42 Å². The first-order chi connectivity index (χ1) is 10.6. The number of nitrogens with zero attached hydrogens (tertiary/aromatic N) is 3. The van der Waals surface area contributed by atoms with Gasteiger partial charge in [-0.2, -0.15) is 0 Å². The lowest BCUT2D eigenvalue weighted by Gasteiger charge is -2.26. The van der Waals surface area contributed by atoms with E-state index in [-0.39, 0.29) is 35.5 Å². The summed E-state index contributed by atoms with van der Waals surface area (Å²) >= 11 is 0. The summed E-state index contributed by atoms with van der Waals surface area (Å²) in [6.07, 6.45) is 4.06. The highest BCUT2D eigenvalue weighted by molar-refractivity contribution is 14.0. The molecule has 1 aliphatic rings. The van der Waals surface area contributed by atoms with E-state index in [0.29, 0.717) is 13.1 Å². The van der Waals surface area contributed by atoms with Gasteiger partial charge in [-0.15, -0.1) is 24.0 Å². The van der Waals surface area contributed by atoms with Crippen LogP contribution in [0.5, 0.6) is 0 Å². The predicted molar refractivity (Wildman–Crippen MR) is 104 cm³/mol. The van der Waals surface area contributed by atoms with E-state index in [1.807, 2.05) is 24.5 Å². The monoisotopic (exact) mass is 455 g/mol. The van der Waals surface area contributed by atoms with E-state index in [9.17, 15) is 8.42 Å². The Morgan fingerprint density at radius 2 is 1.65 bits per heavy atom. The topological polar surface area (TPSA) is 78.7 Å². The Morgan fingerprint density at radius 3 is 2.22 bits per heavy atom. The first kappa shape index (κ1) is 20.2. The molecule has 7 nitrogen and oxygen atoms in total. The zero-order valence-corrected chi connectivity index (χ0v) is 16.6. The molecular formula is C14H26IN5O2S. The number of sulfone groups is 1. The van der Waals surface area contributed by atoms with Gasteiger partial charge < -0.3 is 15.2 Å². The summed E-state index contributed by atoms with van der Waals surface area (Å²) in [5.41, 5.74) is 0. The molecule has 1 aromatic rings. The van der Waals surface area contributed by atoms with Crippen molar-refractivity contribution in [1.82, 2.24) is 20.1 Å². The Kier molecular flexibility index (Phi) is 8.92. The minimum Gasteiger partial charge on any atom is -0.355 e. The molecule has 0 amide bonds. The lowest BCUT2D eigenvalue weighted by atomic mass is 10.4. The van der Waals surface area contributed by atoms with Crippen molar-refractivity contribution < 1.29 is 8.42 Å². The van der Waals surface area contributed by atoms with Crippen LogP contribution in [0.3, 0.4) is 0 Å². The van der Waals surface area contributed by atoms with Crippen LogP contribution in [0.1, 0.15) is 0 Å². The van der Waals surface area contributed by atoms with Crippen LogP contribution in [0.25, 0.3) is 0 Å². The zero-order valence-electron chi connectivity index (χ0n) is 13.4. The van der Waals surface area contributed by atoms with E-state index in [0.717, 1.165) is 32.1 Å². The van der Waals surface area contributed by atoms with Gasteiger partial charge in [0.2, 0.25) is 0 Å². The molecule has 2 rings (SSSR count). The molecule has 132 valence electrons. The molecule has 0 atom stereocenters. The molecule has 0 saturated carbocycles. The van der Waals surface area contributed by atoms with Gasteiger partial charge in [0.1, 0.15) is 0 Å². The van der Waals surface area contributed by atoms with E-state index >= 15 is 0 Å². The maximum absolute atomic E-state index is 11.4. The standard InChI is InChI=1S/C14H25N5O2S.HI/c1-15-14(16-4-8-18-6-2-3-7-18)17-5-9-19-10-12-22(20,21)13-11-19;/h2-3,6-7H,4-5,8-13H2,1H3,(H2,15,16,17);1H. The lowest BCUT2D eigenvalue weighted by Crippen LogP contribution is -2.46. The van der Waals surface area contributed by atoms with Gasteiger partial charge in [0.25, 0.3) is 0 Å². The number of aliphatic imine (C=N–C) groups is 1. The van der Waals surface area contributed by atoms with Crippen LogP contribution in [-0.2, 0) is 16.4 Å². The summed E-state index contributed by atoms with van der Waals surface area (Å²) in [5, 5.41) is 6.52. The van der Waals surface area contributed by atoms with Crippen molar-refractivity contribution >= 4 is 39.8 Å². The molecule has 0 radical (unpaired) electrons. The summed E-state index contributed by atoms with van der Waals surface area (Å²) in [4.78, 5) is 6.35. The van der Waals surface area contributed by atoms with Crippen molar-refractivity contribution in [2.45, 2.75) is 6.54 Å². The van der Waals surface area contributed by atoms with E-state index in [2.05, 4.69) is 25.1 Å². The van der Waals surface area contributed by atoms with Gasteiger partial charge in [0.05, 0.1) is 11.5 Å². The number of rotatable bonds is 6. The van der Waals surface area contributed by atoms with Gasteiger partial charge in [-0.05, 0) is 12.1 Å². The van der Waals surface area contributed by atoms with Gasteiger partial charge in [-0.1, -0.05) is 0 Å². The van der Waals surface area contributed by atoms with E-state index < -0.39 is 9.84 Å². The number of halogens is 1. The molecule has 1 aliphatic heterocycles. The van der Waals surface area contributed by atoms with Crippen molar-refractivity contribution in [3.63, 3.8) is 0 Å². The first-order valence-corrected chi connectivity index (χ1v) is 9.39. The highest BCUT2D eigenvalue weighted by atomic mass is 127.